The van der Waals surface area contributed by atoms with Crippen molar-refractivity contribution in [3.63, 3.8) is 0 Å². The summed E-state index contributed by atoms with van der Waals surface area (Å²) in [4.78, 5) is 12.9. The fraction of sp³-hybridized carbons (Fsp3) is 0.684. The van der Waals surface area contributed by atoms with E-state index in [2.05, 4.69) is 33.0 Å². The molecule has 0 aliphatic heterocycles. The molecule has 6 heteroatoms. The van der Waals surface area contributed by atoms with Crippen LogP contribution in [0.3, 0.4) is 0 Å². The predicted octanol–water partition coefficient (Wildman–Crippen LogP) is 3.00. The Balaban J connectivity index is 3.06. The first-order valence-corrected chi connectivity index (χ1v) is 9.28. The summed E-state index contributed by atoms with van der Waals surface area (Å²) >= 11 is 0. The fourth-order valence-corrected chi connectivity index (χ4v) is 3.24. The first-order chi connectivity index (χ1) is 11.7. The molecule has 0 saturated heterocycles. The highest BCUT2D eigenvalue weighted by atomic mass is 16.2. The van der Waals surface area contributed by atoms with Gasteiger partial charge in [-0.3, -0.25) is 10.2 Å². The van der Waals surface area contributed by atoms with Crippen LogP contribution in [0, 0.1) is 5.41 Å². The van der Waals surface area contributed by atoms with E-state index in [1.807, 2.05) is 23.9 Å². The van der Waals surface area contributed by atoms with E-state index in [1.54, 1.807) is 0 Å². The Labute approximate surface area is 151 Å². The summed E-state index contributed by atoms with van der Waals surface area (Å²) in [5, 5.41) is 10.7. The van der Waals surface area contributed by atoms with Gasteiger partial charge < -0.3 is 21.4 Å². The van der Waals surface area contributed by atoms with Crippen LogP contribution in [-0.4, -0.2) is 21.8 Å². The lowest BCUT2D eigenvalue weighted by atomic mass is 9.86. The zero-order valence-corrected chi connectivity index (χ0v) is 16.4. The van der Waals surface area contributed by atoms with E-state index >= 15 is 0 Å². The van der Waals surface area contributed by atoms with E-state index in [9.17, 15) is 4.79 Å². The third-order valence-electron chi connectivity index (χ3n) is 5.68. The maximum Gasteiger partial charge on any atom is 0.268 e. The molecule has 1 aromatic heterocycles. The van der Waals surface area contributed by atoms with Gasteiger partial charge in [-0.15, -0.1) is 0 Å². The lowest BCUT2D eigenvalue weighted by molar-refractivity contribution is 0.0877. The quantitative estimate of drug-likeness (QED) is 0.385. The van der Waals surface area contributed by atoms with Crippen LogP contribution in [0.25, 0.3) is 0 Å². The highest BCUT2D eigenvalue weighted by molar-refractivity contribution is 5.93. The Morgan fingerprint density at radius 1 is 1.20 bits per heavy atom. The van der Waals surface area contributed by atoms with Gasteiger partial charge in [0.25, 0.3) is 5.91 Å². The maximum absolute atomic E-state index is 12.9. The van der Waals surface area contributed by atoms with E-state index in [-0.39, 0.29) is 17.3 Å². The van der Waals surface area contributed by atoms with E-state index in [4.69, 9.17) is 16.9 Å². The molecule has 0 unspecified atom stereocenters. The second kappa shape index (κ2) is 8.52. The number of rotatable bonds is 10. The molecule has 0 saturated carbocycles. The number of nitrogens with two attached hydrogens (primary N) is 2. The van der Waals surface area contributed by atoms with Gasteiger partial charge in [0.1, 0.15) is 5.69 Å². The van der Waals surface area contributed by atoms with Crippen molar-refractivity contribution in [3.05, 3.63) is 23.5 Å². The molecule has 25 heavy (non-hydrogen) atoms. The van der Waals surface area contributed by atoms with E-state index in [1.165, 1.54) is 0 Å². The maximum atomic E-state index is 12.9. The first-order valence-electron chi connectivity index (χ1n) is 9.28. The highest BCUT2D eigenvalue weighted by Gasteiger charge is 2.31. The number of aryl methyl sites for hydroxylation is 1. The lowest BCUT2D eigenvalue weighted by Gasteiger charge is -2.33. The first kappa shape index (κ1) is 21.2. The Morgan fingerprint density at radius 2 is 1.76 bits per heavy atom. The second-order valence-electron chi connectivity index (χ2n) is 7.05. The number of nitrogens with zero attached hydrogens (tertiary/aromatic N) is 1. The molecule has 0 spiro atoms. The molecule has 0 radical (unpaired) electrons. The van der Waals surface area contributed by atoms with Gasteiger partial charge in [-0.25, -0.2) is 0 Å². The number of aromatic nitrogens is 1. The third-order valence-corrected chi connectivity index (χ3v) is 5.68. The Bertz CT molecular complexity index is 597. The number of hydrogen-bond donors (Lipinski definition) is 4. The number of amidine groups is 1. The number of nitrogens with one attached hydrogen (secondary N) is 2. The highest BCUT2D eigenvalue weighted by Crippen LogP contribution is 2.28. The minimum Gasteiger partial charge on any atom is -0.388 e. The summed E-state index contributed by atoms with van der Waals surface area (Å²) in [6.45, 7) is 8.24. The summed E-state index contributed by atoms with van der Waals surface area (Å²) in [5.41, 5.74) is 12.8. The average molecular weight is 350 g/mol. The van der Waals surface area contributed by atoms with Crippen molar-refractivity contribution < 1.29 is 4.79 Å². The molecule has 0 atom stereocenters. The predicted molar refractivity (Wildman–Crippen MR) is 104 cm³/mol. The number of amides is 1. The molecule has 6 nitrogen and oxygen atoms in total. The molecule has 0 aliphatic rings. The monoisotopic (exact) mass is 349 g/mol. The SMILES string of the molecule is CCC(CC)(CCC(=N)N)NC(=O)c1cc(C(N)(CC)CC)cn1C. The molecule has 142 valence electrons. The molecular formula is C19H35N5O. The van der Waals surface area contributed by atoms with Crippen LogP contribution >= 0.6 is 0 Å². The average Bonchev–Trinajstić information content (AvgIpc) is 3.00. The lowest BCUT2D eigenvalue weighted by Crippen LogP contribution is -2.48. The topological polar surface area (TPSA) is 110 Å². The van der Waals surface area contributed by atoms with E-state index in [0.29, 0.717) is 18.5 Å². The van der Waals surface area contributed by atoms with Crippen LogP contribution in [0.5, 0.6) is 0 Å². The smallest absolute Gasteiger partial charge is 0.268 e. The van der Waals surface area contributed by atoms with Crippen molar-refractivity contribution in [2.45, 2.75) is 77.3 Å². The molecule has 6 N–H and O–H groups in total. The van der Waals surface area contributed by atoms with Gasteiger partial charge in [0.05, 0.1) is 5.84 Å². The van der Waals surface area contributed by atoms with Crippen molar-refractivity contribution >= 4 is 11.7 Å². The van der Waals surface area contributed by atoms with Gasteiger partial charge in [0.2, 0.25) is 0 Å². The molecule has 0 aromatic carbocycles. The van der Waals surface area contributed by atoms with Crippen LogP contribution in [0.2, 0.25) is 0 Å². The summed E-state index contributed by atoms with van der Waals surface area (Å²) in [6, 6.07) is 1.91. The Kier molecular flexibility index (Phi) is 7.23. The van der Waals surface area contributed by atoms with Crippen LogP contribution < -0.4 is 16.8 Å². The van der Waals surface area contributed by atoms with Gasteiger partial charge in [-0.2, -0.15) is 0 Å². The van der Waals surface area contributed by atoms with E-state index < -0.39 is 5.54 Å². The minimum atomic E-state index is -0.405. The van der Waals surface area contributed by atoms with E-state index in [0.717, 1.165) is 31.2 Å². The van der Waals surface area contributed by atoms with Crippen molar-refractivity contribution in [2.75, 3.05) is 0 Å². The van der Waals surface area contributed by atoms with Gasteiger partial charge >= 0.3 is 0 Å². The number of carbonyl (C=O) groups excluding carboxylic acids is 1. The van der Waals surface area contributed by atoms with Crippen molar-refractivity contribution in [2.24, 2.45) is 18.5 Å². The molecule has 1 rings (SSSR count). The second-order valence-corrected chi connectivity index (χ2v) is 7.05. The molecule has 1 heterocycles. The van der Waals surface area contributed by atoms with Crippen molar-refractivity contribution in [1.82, 2.24) is 9.88 Å². The van der Waals surface area contributed by atoms with Crippen molar-refractivity contribution in [3.8, 4) is 0 Å². The molecule has 0 fully saturated rings. The number of carbonyl (C=O) groups is 1. The third kappa shape index (κ3) is 4.84. The molecule has 1 aromatic rings. The standard InChI is InChI=1S/C19H35N5O/c1-6-18(7-2,11-10-16(20)21)23-17(25)15-12-14(13-24(15)5)19(22,8-3)9-4/h12-13H,6-11,22H2,1-5H3,(H3,20,21)(H,23,25). The van der Waals surface area contributed by atoms with Gasteiger partial charge in [0, 0.05) is 30.7 Å². The zero-order chi connectivity index (χ0) is 19.3. The Morgan fingerprint density at radius 3 is 2.20 bits per heavy atom. The van der Waals surface area contributed by atoms with Crippen molar-refractivity contribution in [1.29, 1.82) is 5.41 Å². The fourth-order valence-electron chi connectivity index (χ4n) is 3.24. The molecule has 1 amide bonds. The van der Waals surface area contributed by atoms with Crippen LogP contribution in [0.15, 0.2) is 12.3 Å². The molecular weight excluding hydrogens is 314 g/mol. The number of hydrogen-bond acceptors (Lipinski definition) is 3. The van der Waals surface area contributed by atoms with Crippen LogP contribution in [0.1, 0.15) is 82.3 Å². The molecule has 0 bridgehead atoms. The molecule has 0 aliphatic carbocycles. The minimum absolute atomic E-state index is 0.101. The zero-order valence-electron chi connectivity index (χ0n) is 16.4. The van der Waals surface area contributed by atoms with Gasteiger partial charge in [-0.1, -0.05) is 27.7 Å². The van der Waals surface area contributed by atoms with Gasteiger partial charge in [0.15, 0.2) is 0 Å². The van der Waals surface area contributed by atoms with Gasteiger partial charge in [-0.05, 0) is 43.7 Å². The Hall–Kier alpha value is -1.82. The van der Waals surface area contributed by atoms with Crippen LogP contribution in [0.4, 0.5) is 0 Å². The summed E-state index contributed by atoms with van der Waals surface area (Å²) < 4.78 is 1.85. The summed E-state index contributed by atoms with van der Waals surface area (Å²) in [7, 11) is 1.87. The largest absolute Gasteiger partial charge is 0.388 e. The normalized spacial score (nSPS) is 12.2. The van der Waals surface area contributed by atoms with Crippen LogP contribution in [-0.2, 0) is 12.6 Å². The summed E-state index contributed by atoms with van der Waals surface area (Å²) in [6.07, 6.45) is 6.34. The summed E-state index contributed by atoms with van der Waals surface area (Å²) in [5.74, 6) is 0.0519.